The molecule has 0 aromatic heterocycles. The zero-order valence-electron chi connectivity index (χ0n) is 12.5. The zero-order valence-corrected chi connectivity index (χ0v) is 12.5. The summed E-state index contributed by atoms with van der Waals surface area (Å²) in [4.78, 5) is 35.9. The lowest BCUT2D eigenvalue weighted by molar-refractivity contribution is -0.173. The largest absolute Gasteiger partial charge is 0.458 e. The maximum atomic E-state index is 11.7. The number of ether oxygens (including phenoxy) is 2. The Morgan fingerprint density at radius 3 is 2.15 bits per heavy atom. The first-order chi connectivity index (χ1) is 9.38. The van der Waals surface area contributed by atoms with Gasteiger partial charge in [-0.3, -0.25) is 19.3 Å². The summed E-state index contributed by atoms with van der Waals surface area (Å²) in [7, 11) is 0. The number of esters is 1. The Hall–Kier alpha value is -1.43. The number of imide groups is 1. The normalized spacial score (nSPS) is 25.9. The van der Waals surface area contributed by atoms with Crippen molar-refractivity contribution in [1.29, 1.82) is 0 Å². The number of hydrogen-bond donors (Lipinski definition) is 0. The first-order valence-electron chi connectivity index (χ1n) is 6.97. The van der Waals surface area contributed by atoms with E-state index in [0.29, 0.717) is 13.0 Å². The fourth-order valence-electron chi connectivity index (χ4n) is 2.81. The summed E-state index contributed by atoms with van der Waals surface area (Å²) >= 11 is 0. The molecule has 2 amide bonds. The van der Waals surface area contributed by atoms with E-state index in [1.54, 1.807) is 0 Å². The molecule has 114 valence electrons. The average Bonchev–Trinajstić information content (AvgIpc) is 2.32. The van der Waals surface area contributed by atoms with Gasteiger partial charge in [0, 0.05) is 27.4 Å². The molecule has 0 heterocycles. The maximum Gasteiger partial charge on any atom is 0.303 e. The van der Waals surface area contributed by atoms with Crippen LogP contribution in [-0.4, -0.2) is 47.5 Å². The molecule has 0 bridgehead atoms. The second-order valence-corrected chi connectivity index (χ2v) is 4.97. The summed E-state index contributed by atoms with van der Waals surface area (Å²) < 4.78 is 10.9. The third kappa shape index (κ3) is 4.03. The van der Waals surface area contributed by atoms with E-state index in [4.69, 9.17) is 9.47 Å². The Bertz CT molecular complexity index is 366. The van der Waals surface area contributed by atoms with Gasteiger partial charge >= 0.3 is 5.97 Å². The molecule has 0 saturated heterocycles. The van der Waals surface area contributed by atoms with Crippen LogP contribution in [0.2, 0.25) is 0 Å². The van der Waals surface area contributed by atoms with Crippen molar-refractivity contribution in [2.75, 3.05) is 6.61 Å². The lowest BCUT2D eigenvalue weighted by atomic mass is 9.88. The average molecular weight is 285 g/mol. The highest BCUT2D eigenvalue weighted by molar-refractivity contribution is 5.93. The van der Waals surface area contributed by atoms with E-state index in [1.165, 1.54) is 25.7 Å². The molecule has 6 nitrogen and oxygen atoms in total. The van der Waals surface area contributed by atoms with Crippen LogP contribution in [0.5, 0.6) is 0 Å². The Kier molecular flexibility index (Phi) is 6.13. The molecule has 1 saturated carbocycles. The van der Waals surface area contributed by atoms with Gasteiger partial charge in [0.1, 0.15) is 6.10 Å². The van der Waals surface area contributed by atoms with E-state index in [1.807, 2.05) is 6.92 Å². The number of amides is 2. The molecule has 0 N–H and O–H groups in total. The van der Waals surface area contributed by atoms with Gasteiger partial charge in [-0.05, 0) is 26.2 Å². The molecule has 0 aromatic carbocycles. The minimum atomic E-state index is -0.589. The summed E-state index contributed by atoms with van der Waals surface area (Å²) in [6, 6.07) is -0.445. The summed E-state index contributed by atoms with van der Waals surface area (Å²) in [6.07, 6.45) is 1.34. The van der Waals surface area contributed by atoms with Crippen LogP contribution in [-0.2, 0) is 23.9 Å². The van der Waals surface area contributed by atoms with E-state index in [9.17, 15) is 14.4 Å². The van der Waals surface area contributed by atoms with Crippen molar-refractivity contribution in [3.8, 4) is 0 Å². The molecule has 1 fully saturated rings. The van der Waals surface area contributed by atoms with Gasteiger partial charge in [0.15, 0.2) is 0 Å². The van der Waals surface area contributed by atoms with E-state index in [2.05, 4.69) is 0 Å². The van der Waals surface area contributed by atoms with Crippen LogP contribution in [0.15, 0.2) is 0 Å². The van der Waals surface area contributed by atoms with Gasteiger partial charge in [-0.15, -0.1) is 0 Å². The SMILES string of the molecule is CCO[C@@H]1CCC[C@H](N(C(C)=O)C(C)=O)[C@H]1OC(C)=O. The van der Waals surface area contributed by atoms with Crippen LogP contribution < -0.4 is 0 Å². The van der Waals surface area contributed by atoms with Gasteiger partial charge in [-0.25, -0.2) is 0 Å². The standard InChI is InChI=1S/C14H23NO5/c1-5-19-13-8-6-7-12(14(13)20-11(4)18)15(9(2)16)10(3)17/h12-14H,5-8H2,1-4H3/t12-,13+,14+/m0/s1. The Morgan fingerprint density at radius 2 is 1.70 bits per heavy atom. The van der Waals surface area contributed by atoms with Gasteiger partial charge < -0.3 is 9.47 Å². The smallest absolute Gasteiger partial charge is 0.303 e. The summed E-state index contributed by atoms with van der Waals surface area (Å²) in [5.74, 6) is -1.10. The monoisotopic (exact) mass is 285 g/mol. The van der Waals surface area contributed by atoms with Gasteiger partial charge in [-0.1, -0.05) is 0 Å². The molecule has 0 spiro atoms. The highest BCUT2D eigenvalue weighted by Gasteiger charge is 2.41. The van der Waals surface area contributed by atoms with Crippen LogP contribution in [0, 0.1) is 0 Å². The molecule has 0 radical (unpaired) electrons. The molecular formula is C14H23NO5. The maximum absolute atomic E-state index is 11.7. The van der Waals surface area contributed by atoms with Crippen molar-refractivity contribution in [3.05, 3.63) is 0 Å². The number of carbonyl (C=O) groups excluding carboxylic acids is 3. The first-order valence-corrected chi connectivity index (χ1v) is 6.97. The molecule has 20 heavy (non-hydrogen) atoms. The highest BCUT2D eigenvalue weighted by atomic mass is 16.6. The number of carbonyl (C=O) groups is 3. The Balaban J connectivity index is 3.01. The minimum absolute atomic E-state index is 0.274. The lowest BCUT2D eigenvalue weighted by Crippen LogP contribution is -2.56. The minimum Gasteiger partial charge on any atom is -0.458 e. The quantitative estimate of drug-likeness (QED) is 0.727. The predicted octanol–water partition coefficient (Wildman–Crippen LogP) is 1.27. The molecule has 3 atom stereocenters. The number of rotatable bonds is 4. The molecule has 1 aliphatic carbocycles. The summed E-state index contributed by atoms with van der Waals surface area (Å²) in [6.45, 7) is 6.37. The van der Waals surface area contributed by atoms with Gasteiger partial charge in [-0.2, -0.15) is 0 Å². The predicted molar refractivity (Wildman–Crippen MR) is 71.8 cm³/mol. The van der Waals surface area contributed by atoms with Crippen molar-refractivity contribution in [2.24, 2.45) is 0 Å². The second kappa shape index (κ2) is 7.38. The molecule has 0 aromatic rings. The molecular weight excluding hydrogens is 262 g/mol. The zero-order chi connectivity index (χ0) is 15.3. The van der Waals surface area contributed by atoms with Crippen molar-refractivity contribution < 1.29 is 23.9 Å². The summed E-state index contributed by atoms with van der Waals surface area (Å²) in [5, 5.41) is 0. The third-order valence-electron chi connectivity index (χ3n) is 3.43. The van der Waals surface area contributed by atoms with Crippen molar-refractivity contribution in [2.45, 2.75) is 65.2 Å². The van der Waals surface area contributed by atoms with Crippen molar-refractivity contribution in [3.63, 3.8) is 0 Å². The Morgan fingerprint density at radius 1 is 1.10 bits per heavy atom. The van der Waals surface area contributed by atoms with Crippen LogP contribution >= 0.6 is 0 Å². The fraction of sp³-hybridized carbons (Fsp3) is 0.786. The molecule has 1 aliphatic rings. The van der Waals surface area contributed by atoms with Crippen molar-refractivity contribution >= 4 is 17.8 Å². The highest BCUT2D eigenvalue weighted by Crippen LogP contribution is 2.28. The van der Waals surface area contributed by atoms with E-state index in [-0.39, 0.29) is 17.9 Å². The van der Waals surface area contributed by atoms with Crippen LogP contribution in [0.1, 0.15) is 47.0 Å². The summed E-state index contributed by atoms with van der Waals surface area (Å²) in [5.41, 5.74) is 0. The van der Waals surface area contributed by atoms with Gasteiger partial charge in [0.2, 0.25) is 11.8 Å². The van der Waals surface area contributed by atoms with Crippen LogP contribution in [0.3, 0.4) is 0 Å². The number of nitrogens with zero attached hydrogens (tertiary/aromatic N) is 1. The molecule has 0 unspecified atom stereocenters. The van der Waals surface area contributed by atoms with Gasteiger partial charge in [0.05, 0.1) is 12.1 Å². The second-order valence-electron chi connectivity index (χ2n) is 4.97. The van der Waals surface area contributed by atoms with Crippen LogP contribution in [0.4, 0.5) is 0 Å². The molecule has 0 aliphatic heterocycles. The van der Waals surface area contributed by atoms with E-state index >= 15 is 0 Å². The van der Waals surface area contributed by atoms with Crippen LogP contribution in [0.25, 0.3) is 0 Å². The molecule has 1 rings (SSSR count). The van der Waals surface area contributed by atoms with E-state index in [0.717, 1.165) is 12.8 Å². The van der Waals surface area contributed by atoms with Crippen molar-refractivity contribution in [1.82, 2.24) is 4.90 Å². The molecule has 6 heteroatoms. The third-order valence-corrected chi connectivity index (χ3v) is 3.43. The Labute approximate surface area is 119 Å². The first kappa shape index (κ1) is 16.6. The van der Waals surface area contributed by atoms with Gasteiger partial charge in [0.25, 0.3) is 0 Å². The van der Waals surface area contributed by atoms with E-state index < -0.39 is 18.1 Å². The fourth-order valence-corrected chi connectivity index (χ4v) is 2.81. The number of hydrogen-bond acceptors (Lipinski definition) is 5. The topological polar surface area (TPSA) is 72.9 Å². The lowest BCUT2D eigenvalue weighted by Gasteiger charge is -2.41.